The smallest absolute Gasteiger partial charge is 0.120 e. The standard InChI is InChI=1S/C22H22ClNO3/c23-18-6-8-19(9-7-18)24-14-20(25)16-27-22-12-10-21(11-13-22)26-15-17-4-2-1-3-5-17/h1-13,20,24-25H,14-16H2. The number of hydrogen-bond acceptors (Lipinski definition) is 4. The number of aliphatic hydroxyl groups is 1. The van der Waals surface area contributed by atoms with Crippen molar-refractivity contribution in [3.63, 3.8) is 0 Å². The van der Waals surface area contributed by atoms with Crippen LogP contribution in [0, 0.1) is 0 Å². The third-order valence-electron chi connectivity index (χ3n) is 3.90. The van der Waals surface area contributed by atoms with Crippen LogP contribution in [0.1, 0.15) is 5.56 Å². The number of rotatable bonds is 9. The highest BCUT2D eigenvalue weighted by Crippen LogP contribution is 2.19. The van der Waals surface area contributed by atoms with Crippen molar-refractivity contribution in [1.29, 1.82) is 0 Å². The van der Waals surface area contributed by atoms with Gasteiger partial charge in [0.2, 0.25) is 0 Å². The minimum atomic E-state index is -0.630. The van der Waals surface area contributed by atoms with Crippen LogP contribution in [0.5, 0.6) is 11.5 Å². The normalized spacial score (nSPS) is 11.6. The SMILES string of the molecule is OC(CNc1ccc(Cl)cc1)COc1ccc(OCc2ccccc2)cc1. The summed E-state index contributed by atoms with van der Waals surface area (Å²) in [5.74, 6) is 1.46. The van der Waals surface area contributed by atoms with Crippen LogP contribution in [0.2, 0.25) is 5.02 Å². The first-order chi connectivity index (χ1) is 13.2. The molecule has 1 unspecified atom stereocenters. The van der Waals surface area contributed by atoms with E-state index in [1.807, 2.05) is 66.7 Å². The molecule has 0 aliphatic heterocycles. The van der Waals surface area contributed by atoms with Crippen LogP contribution in [-0.2, 0) is 6.61 Å². The Morgan fingerprint density at radius 2 is 1.44 bits per heavy atom. The highest BCUT2D eigenvalue weighted by atomic mass is 35.5. The molecule has 5 heteroatoms. The van der Waals surface area contributed by atoms with Gasteiger partial charge in [0, 0.05) is 17.3 Å². The summed E-state index contributed by atoms with van der Waals surface area (Å²) >= 11 is 5.85. The summed E-state index contributed by atoms with van der Waals surface area (Å²) in [6.45, 7) is 1.11. The van der Waals surface area contributed by atoms with Gasteiger partial charge in [0.25, 0.3) is 0 Å². The number of hydrogen-bond donors (Lipinski definition) is 2. The molecule has 0 amide bonds. The molecular weight excluding hydrogens is 362 g/mol. The fourth-order valence-corrected chi connectivity index (χ4v) is 2.55. The Kier molecular flexibility index (Phi) is 6.97. The molecule has 0 aliphatic carbocycles. The maximum absolute atomic E-state index is 10.1. The topological polar surface area (TPSA) is 50.7 Å². The molecule has 1 atom stereocenters. The molecule has 0 saturated carbocycles. The summed E-state index contributed by atoms with van der Waals surface area (Å²) in [6, 6.07) is 24.7. The molecule has 0 heterocycles. The van der Waals surface area contributed by atoms with Crippen LogP contribution in [0.4, 0.5) is 5.69 Å². The summed E-state index contributed by atoms with van der Waals surface area (Å²) in [6.07, 6.45) is -0.630. The zero-order valence-electron chi connectivity index (χ0n) is 14.8. The molecule has 27 heavy (non-hydrogen) atoms. The van der Waals surface area contributed by atoms with E-state index in [2.05, 4.69) is 5.32 Å². The zero-order valence-corrected chi connectivity index (χ0v) is 15.6. The van der Waals surface area contributed by atoms with Gasteiger partial charge in [0.05, 0.1) is 0 Å². The summed E-state index contributed by atoms with van der Waals surface area (Å²) in [7, 11) is 0. The van der Waals surface area contributed by atoms with Crippen molar-refractivity contribution in [2.24, 2.45) is 0 Å². The summed E-state index contributed by atoms with van der Waals surface area (Å²) in [5, 5.41) is 13.9. The fraction of sp³-hybridized carbons (Fsp3) is 0.182. The van der Waals surface area contributed by atoms with Gasteiger partial charge >= 0.3 is 0 Å². The second-order valence-electron chi connectivity index (χ2n) is 6.10. The second-order valence-corrected chi connectivity index (χ2v) is 6.53. The Morgan fingerprint density at radius 3 is 2.11 bits per heavy atom. The van der Waals surface area contributed by atoms with E-state index in [0.717, 1.165) is 17.0 Å². The van der Waals surface area contributed by atoms with Crippen LogP contribution in [0.3, 0.4) is 0 Å². The van der Waals surface area contributed by atoms with Gasteiger partial charge in [-0.15, -0.1) is 0 Å². The molecule has 0 aromatic heterocycles. The van der Waals surface area contributed by atoms with E-state index < -0.39 is 6.10 Å². The van der Waals surface area contributed by atoms with Gasteiger partial charge in [-0.2, -0.15) is 0 Å². The quantitative estimate of drug-likeness (QED) is 0.558. The third-order valence-corrected chi connectivity index (χ3v) is 4.15. The van der Waals surface area contributed by atoms with Gasteiger partial charge in [-0.05, 0) is 54.1 Å². The lowest BCUT2D eigenvalue weighted by Crippen LogP contribution is -2.26. The Balaban J connectivity index is 1.39. The predicted octanol–water partition coefficient (Wildman–Crippen LogP) is 4.77. The Hall–Kier alpha value is -2.69. The molecule has 3 rings (SSSR count). The number of aliphatic hydroxyl groups excluding tert-OH is 1. The molecule has 3 aromatic carbocycles. The minimum Gasteiger partial charge on any atom is -0.491 e. The van der Waals surface area contributed by atoms with Crippen LogP contribution in [0.15, 0.2) is 78.9 Å². The van der Waals surface area contributed by atoms with Gasteiger partial charge in [0.15, 0.2) is 0 Å². The molecule has 0 saturated heterocycles. The molecule has 0 fully saturated rings. The van der Waals surface area contributed by atoms with Gasteiger partial charge in [-0.3, -0.25) is 0 Å². The van der Waals surface area contributed by atoms with Crippen LogP contribution < -0.4 is 14.8 Å². The van der Waals surface area contributed by atoms with E-state index in [1.165, 1.54) is 0 Å². The lowest BCUT2D eigenvalue weighted by atomic mass is 10.2. The van der Waals surface area contributed by atoms with E-state index in [4.69, 9.17) is 21.1 Å². The van der Waals surface area contributed by atoms with Crippen LogP contribution >= 0.6 is 11.6 Å². The van der Waals surface area contributed by atoms with Crippen LogP contribution in [-0.4, -0.2) is 24.4 Å². The van der Waals surface area contributed by atoms with Crippen molar-refractivity contribution >= 4 is 17.3 Å². The van der Waals surface area contributed by atoms with E-state index in [1.54, 1.807) is 12.1 Å². The van der Waals surface area contributed by atoms with Gasteiger partial charge in [0.1, 0.15) is 30.8 Å². The van der Waals surface area contributed by atoms with Gasteiger partial charge in [-0.25, -0.2) is 0 Å². The number of nitrogens with one attached hydrogen (secondary N) is 1. The number of halogens is 1. The predicted molar refractivity (Wildman–Crippen MR) is 109 cm³/mol. The molecule has 4 nitrogen and oxygen atoms in total. The van der Waals surface area contributed by atoms with Crippen molar-refractivity contribution < 1.29 is 14.6 Å². The molecule has 0 aliphatic rings. The molecule has 140 valence electrons. The lowest BCUT2D eigenvalue weighted by Gasteiger charge is -2.14. The maximum Gasteiger partial charge on any atom is 0.120 e. The number of anilines is 1. The average molecular weight is 384 g/mol. The lowest BCUT2D eigenvalue weighted by molar-refractivity contribution is 0.117. The number of benzene rings is 3. The van der Waals surface area contributed by atoms with Crippen molar-refractivity contribution in [3.8, 4) is 11.5 Å². The first kappa shape index (κ1) is 19.1. The monoisotopic (exact) mass is 383 g/mol. The molecule has 2 N–H and O–H groups in total. The van der Waals surface area contributed by atoms with Gasteiger partial charge in [-0.1, -0.05) is 41.9 Å². The van der Waals surface area contributed by atoms with E-state index in [0.29, 0.717) is 23.9 Å². The van der Waals surface area contributed by atoms with Crippen molar-refractivity contribution in [2.45, 2.75) is 12.7 Å². The highest BCUT2D eigenvalue weighted by molar-refractivity contribution is 6.30. The van der Waals surface area contributed by atoms with Crippen molar-refractivity contribution in [1.82, 2.24) is 0 Å². The summed E-state index contributed by atoms with van der Waals surface area (Å²) in [4.78, 5) is 0. The van der Waals surface area contributed by atoms with E-state index in [9.17, 15) is 5.11 Å². The Labute approximate surface area is 164 Å². The average Bonchev–Trinajstić information content (AvgIpc) is 2.72. The molecular formula is C22H22ClNO3. The first-order valence-electron chi connectivity index (χ1n) is 8.76. The van der Waals surface area contributed by atoms with E-state index in [-0.39, 0.29) is 6.61 Å². The maximum atomic E-state index is 10.1. The van der Waals surface area contributed by atoms with Crippen molar-refractivity contribution in [2.75, 3.05) is 18.5 Å². The largest absolute Gasteiger partial charge is 0.491 e. The first-order valence-corrected chi connectivity index (χ1v) is 9.14. The third kappa shape index (κ3) is 6.51. The summed E-state index contributed by atoms with van der Waals surface area (Å²) < 4.78 is 11.4. The molecule has 0 spiro atoms. The van der Waals surface area contributed by atoms with Crippen molar-refractivity contribution in [3.05, 3.63) is 89.4 Å². The summed E-state index contributed by atoms with van der Waals surface area (Å²) in [5.41, 5.74) is 2.02. The Morgan fingerprint density at radius 1 is 0.815 bits per heavy atom. The van der Waals surface area contributed by atoms with Gasteiger partial charge < -0.3 is 19.9 Å². The Bertz CT molecular complexity index is 807. The molecule has 0 bridgehead atoms. The second kappa shape index (κ2) is 9.86. The highest BCUT2D eigenvalue weighted by Gasteiger charge is 2.06. The minimum absolute atomic E-state index is 0.199. The molecule has 3 aromatic rings. The van der Waals surface area contributed by atoms with E-state index >= 15 is 0 Å². The fourth-order valence-electron chi connectivity index (χ4n) is 2.43. The van der Waals surface area contributed by atoms with Crippen LogP contribution in [0.25, 0.3) is 0 Å². The zero-order chi connectivity index (χ0) is 18.9. The molecule has 0 radical (unpaired) electrons. The number of ether oxygens (including phenoxy) is 2.